The van der Waals surface area contributed by atoms with E-state index in [1.165, 1.54) is 17.5 Å². The van der Waals surface area contributed by atoms with Crippen LogP contribution >= 0.6 is 0 Å². The Bertz CT molecular complexity index is 777. The molecule has 0 bridgehead atoms. The molecular weight excluding hydrogens is 288 g/mol. The predicted molar refractivity (Wildman–Crippen MR) is 88.3 cm³/mol. The summed E-state index contributed by atoms with van der Waals surface area (Å²) in [6, 6.07) is 15.0. The number of ether oxygens (including phenoxy) is 1. The first-order valence-corrected chi connectivity index (χ1v) is 7.76. The van der Waals surface area contributed by atoms with E-state index in [0.717, 1.165) is 12.8 Å². The zero-order valence-corrected chi connectivity index (χ0v) is 13.0. The average Bonchev–Trinajstić information content (AvgIpc) is 3.03. The minimum Gasteiger partial charge on any atom is -0.481 e. The monoisotopic (exact) mass is 306 g/mol. The number of fused-ring (bicyclic) bond motifs is 1. The molecule has 0 saturated carbocycles. The van der Waals surface area contributed by atoms with Crippen LogP contribution in [-0.2, 0) is 17.6 Å². The van der Waals surface area contributed by atoms with E-state index in [0.29, 0.717) is 17.0 Å². The number of nitrogens with zero attached hydrogens (tertiary/aromatic N) is 1. The Kier molecular flexibility index (Phi) is 4.29. The van der Waals surface area contributed by atoms with E-state index in [9.17, 15) is 4.79 Å². The lowest BCUT2D eigenvalue weighted by molar-refractivity contribution is -0.122. The van der Waals surface area contributed by atoms with E-state index in [1.807, 2.05) is 12.1 Å². The number of rotatable bonds is 4. The first kappa shape index (κ1) is 15.1. The van der Waals surface area contributed by atoms with Crippen molar-refractivity contribution in [3.8, 4) is 11.8 Å². The Morgan fingerprint density at radius 1 is 1.22 bits per heavy atom. The molecule has 0 aromatic heterocycles. The number of aryl methyl sites for hydroxylation is 2. The Balaban J connectivity index is 1.67. The van der Waals surface area contributed by atoms with Crippen LogP contribution in [0.15, 0.2) is 42.5 Å². The van der Waals surface area contributed by atoms with E-state index in [2.05, 4.69) is 17.5 Å². The number of hydrogen-bond acceptors (Lipinski definition) is 3. The van der Waals surface area contributed by atoms with Gasteiger partial charge >= 0.3 is 0 Å². The third kappa shape index (κ3) is 3.35. The fourth-order valence-electron chi connectivity index (χ4n) is 2.80. The van der Waals surface area contributed by atoms with Crippen molar-refractivity contribution in [2.45, 2.75) is 32.3 Å². The lowest BCUT2D eigenvalue weighted by atomic mass is 10.1. The van der Waals surface area contributed by atoms with Crippen LogP contribution in [0.4, 0.5) is 5.69 Å². The molecule has 1 amide bonds. The smallest absolute Gasteiger partial charge is 0.265 e. The predicted octanol–water partition coefficient (Wildman–Crippen LogP) is 3.45. The van der Waals surface area contributed by atoms with Gasteiger partial charge in [0.05, 0.1) is 11.3 Å². The van der Waals surface area contributed by atoms with E-state index in [-0.39, 0.29) is 5.91 Å². The maximum absolute atomic E-state index is 12.3. The summed E-state index contributed by atoms with van der Waals surface area (Å²) in [6.45, 7) is 1.71. The fourth-order valence-corrected chi connectivity index (χ4v) is 2.80. The van der Waals surface area contributed by atoms with Crippen molar-refractivity contribution in [3.05, 3.63) is 59.2 Å². The van der Waals surface area contributed by atoms with Crippen molar-refractivity contribution in [3.63, 3.8) is 0 Å². The second-order valence-electron chi connectivity index (χ2n) is 5.69. The first-order chi connectivity index (χ1) is 11.2. The van der Waals surface area contributed by atoms with Crippen LogP contribution in [0, 0.1) is 11.3 Å². The molecule has 1 aliphatic carbocycles. The maximum atomic E-state index is 12.3. The molecule has 0 saturated heterocycles. The second-order valence-corrected chi connectivity index (χ2v) is 5.69. The zero-order chi connectivity index (χ0) is 16.2. The molecule has 0 heterocycles. The molecule has 1 aliphatic rings. The van der Waals surface area contributed by atoms with Crippen LogP contribution in [0.2, 0.25) is 0 Å². The van der Waals surface area contributed by atoms with Gasteiger partial charge < -0.3 is 10.1 Å². The lowest BCUT2D eigenvalue weighted by Crippen LogP contribution is -2.30. The van der Waals surface area contributed by atoms with E-state index in [4.69, 9.17) is 10.00 Å². The molecular formula is C19H18N2O2. The number of nitrogens with one attached hydrogen (secondary N) is 1. The van der Waals surface area contributed by atoms with Crippen molar-refractivity contribution >= 4 is 11.6 Å². The van der Waals surface area contributed by atoms with Gasteiger partial charge in [0.2, 0.25) is 0 Å². The van der Waals surface area contributed by atoms with Gasteiger partial charge in [0, 0.05) is 0 Å². The van der Waals surface area contributed by atoms with Crippen LogP contribution < -0.4 is 10.1 Å². The van der Waals surface area contributed by atoms with E-state index >= 15 is 0 Å². The third-order valence-corrected chi connectivity index (χ3v) is 4.06. The Morgan fingerprint density at radius 2 is 2.00 bits per heavy atom. The zero-order valence-electron chi connectivity index (χ0n) is 13.0. The van der Waals surface area contributed by atoms with Crippen molar-refractivity contribution in [2.24, 2.45) is 0 Å². The number of benzene rings is 2. The van der Waals surface area contributed by atoms with Crippen LogP contribution in [0.25, 0.3) is 0 Å². The second kappa shape index (κ2) is 6.53. The molecule has 0 radical (unpaired) electrons. The number of hydrogen-bond donors (Lipinski definition) is 1. The van der Waals surface area contributed by atoms with Crippen LogP contribution in [0.5, 0.6) is 5.75 Å². The van der Waals surface area contributed by atoms with Gasteiger partial charge in [-0.05, 0) is 61.6 Å². The Labute approximate surface area is 135 Å². The third-order valence-electron chi connectivity index (χ3n) is 4.06. The Morgan fingerprint density at radius 3 is 2.83 bits per heavy atom. The molecule has 0 aliphatic heterocycles. The first-order valence-electron chi connectivity index (χ1n) is 7.76. The Hall–Kier alpha value is -2.80. The summed E-state index contributed by atoms with van der Waals surface area (Å²) in [5.41, 5.74) is 3.62. The molecule has 3 rings (SSSR count). The maximum Gasteiger partial charge on any atom is 0.265 e. The minimum atomic E-state index is -0.638. The van der Waals surface area contributed by atoms with Gasteiger partial charge in [0.15, 0.2) is 6.10 Å². The molecule has 1 unspecified atom stereocenters. The summed E-state index contributed by atoms with van der Waals surface area (Å²) in [5, 5.41) is 11.8. The molecule has 0 spiro atoms. The largest absolute Gasteiger partial charge is 0.481 e. The minimum absolute atomic E-state index is 0.270. The molecule has 0 fully saturated rings. The molecule has 116 valence electrons. The fraction of sp³-hybridized carbons (Fsp3) is 0.263. The van der Waals surface area contributed by atoms with E-state index in [1.54, 1.807) is 31.2 Å². The van der Waals surface area contributed by atoms with Gasteiger partial charge in [0.1, 0.15) is 11.8 Å². The molecule has 1 atom stereocenters. The van der Waals surface area contributed by atoms with Crippen molar-refractivity contribution in [2.75, 3.05) is 5.32 Å². The molecule has 2 aromatic rings. The van der Waals surface area contributed by atoms with Crippen LogP contribution in [0.1, 0.15) is 30.0 Å². The van der Waals surface area contributed by atoms with Gasteiger partial charge in [0.25, 0.3) is 5.91 Å². The van der Waals surface area contributed by atoms with Crippen LogP contribution in [0.3, 0.4) is 0 Å². The molecule has 4 nitrogen and oxygen atoms in total. The summed E-state index contributed by atoms with van der Waals surface area (Å²) in [6.07, 6.45) is 2.74. The number of nitriles is 1. The van der Waals surface area contributed by atoms with Crippen molar-refractivity contribution in [1.82, 2.24) is 0 Å². The van der Waals surface area contributed by atoms with E-state index < -0.39 is 6.10 Å². The summed E-state index contributed by atoms with van der Waals surface area (Å²) in [5.74, 6) is 0.440. The summed E-state index contributed by atoms with van der Waals surface area (Å²) in [4.78, 5) is 12.3. The van der Waals surface area contributed by atoms with Gasteiger partial charge in [-0.2, -0.15) is 5.26 Å². The number of anilines is 1. The molecule has 23 heavy (non-hydrogen) atoms. The quantitative estimate of drug-likeness (QED) is 0.941. The lowest BCUT2D eigenvalue weighted by Gasteiger charge is -2.16. The molecule has 2 aromatic carbocycles. The highest BCUT2D eigenvalue weighted by atomic mass is 16.5. The number of carbonyl (C=O) groups excluding carboxylic acids is 1. The standard InChI is InChI=1S/C19H18N2O2/c1-13(19(22)21-18-8-3-2-5-16(18)12-20)23-17-10-9-14-6-4-7-15(14)11-17/h2-3,5,8-11,13H,4,6-7H2,1H3,(H,21,22). The normalized spacial score (nSPS) is 13.7. The van der Waals surface area contributed by atoms with Gasteiger partial charge in [-0.25, -0.2) is 0 Å². The highest BCUT2D eigenvalue weighted by Crippen LogP contribution is 2.26. The van der Waals surface area contributed by atoms with Crippen molar-refractivity contribution in [1.29, 1.82) is 5.26 Å². The highest BCUT2D eigenvalue weighted by Gasteiger charge is 2.18. The van der Waals surface area contributed by atoms with Crippen LogP contribution in [-0.4, -0.2) is 12.0 Å². The number of para-hydroxylation sites is 1. The number of amides is 1. The summed E-state index contributed by atoms with van der Waals surface area (Å²) in [7, 11) is 0. The van der Waals surface area contributed by atoms with Gasteiger partial charge in [-0.15, -0.1) is 0 Å². The SMILES string of the molecule is CC(Oc1ccc2c(c1)CCC2)C(=O)Nc1ccccc1C#N. The summed E-state index contributed by atoms with van der Waals surface area (Å²) < 4.78 is 5.75. The highest BCUT2D eigenvalue weighted by molar-refractivity contribution is 5.95. The molecule has 1 N–H and O–H groups in total. The van der Waals surface area contributed by atoms with Gasteiger partial charge in [-0.1, -0.05) is 18.2 Å². The average molecular weight is 306 g/mol. The molecule has 4 heteroatoms. The topological polar surface area (TPSA) is 62.1 Å². The van der Waals surface area contributed by atoms with Crippen molar-refractivity contribution < 1.29 is 9.53 Å². The van der Waals surface area contributed by atoms with Gasteiger partial charge in [-0.3, -0.25) is 4.79 Å². The summed E-state index contributed by atoms with van der Waals surface area (Å²) >= 11 is 0. The number of carbonyl (C=O) groups is 1.